The molecule has 0 radical (unpaired) electrons. The number of aryl methyl sites for hydroxylation is 4. The number of benzene rings is 6. The van der Waals surface area contributed by atoms with Gasteiger partial charge in [-0.25, -0.2) is 0 Å². The first kappa shape index (κ1) is 38.0. The minimum absolute atomic E-state index is 0.0205. The Morgan fingerprint density at radius 1 is 0.536 bits per heavy atom. The number of carbonyl (C=O) groups excluding carboxylic acids is 4. The van der Waals surface area contributed by atoms with Crippen LogP contribution in [0.1, 0.15) is 88.7 Å². The summed E-state index contributed by atoms with van der Waals surface area (Å²) >= 11 is 0. The van der Waals surface area contributed by atoms with Crippen LogP contribution in [0.25, 0.3) is 21.5 Å². The van der Waals surface area contributed by atoms with E-state index in [9.17, 15) is 19.2 Å². The maximum atomic E-state index is 13.4. The Labute approximate surface area is 328 Å². The van der Waals surface area contributed by atoms with Crippen molar-refractivity contribution in [2.24, 2.45) is 0 Å². The fraction of sp³-hybridized carbons (Fsp3) is 0.250. The lowest BCUT2D eigenvalue weighted by Crippen LogP contribution is -2.30. The summed E-state index contributed by atoms with van der Waals surface area (Å²) in [6.45, 7) is 6.07. The summed E-state index contributed by atoms with van der Waals surface area (Å²) in [5.74, 6) is -0.122. The van der Waals surface area contributed by atoms with E-state index in [1.807, 2.05) is 79.4 Å². The summed E-state index contributed by atoms with van der Waals surface area (Å²) in [4.78, 5) is 53.4. The van der Waals surface area contributed by atoms with E-state index < -0.39 is 0 Å². The summed E-state index contributed by atoms with van der Waals surface area (Å²) in [6.07, 6.45) is 4.21. The van der Waals surface area contributed by atoms with Gasteiger partial charge in [0.15, 0.2) is 0 Å². The summed E-state index contributed by atoms with van der Waals surface area (Å²) in [6, 6.07) is 35.4. The Morgan fingerprint density at radius 3 is 1.61 bits per heavy atom. The highest BCUT2D eigenvalue weighted by Crippen LogP contribution is 2.34. The van der Waals surface area contributed by atoms with Crippen molar-refractivity contribution in [2.75, 3.05) is 27.2 Å². The number of amides is 4. The van der Waals surface area contributed by atoms with Gasteiger partial charge in [0.2, 0.25) is 0 Å². The molecule has 0 aromatic heterocycles. The van der Waals surface area contributed by atoms with E-state index in [0.29, 0.717) is 37.3 Å². The number of hydrogen-bond acceptors (Lipinski definition) is 4. The SMILES string of the molecule is CCN(Cc1ccc(C(=O)N(C)C)cc1)C(=O)c1ccc2c3c(cccc13)CC2.CCNC(=O)c1ccc(CNC(=O)c2ccc3c4c(cccc24)CC3)cc1. The van der Waals surface area contributed by atoms with Crippen LogP contribution in [0.5, 0.6) is 0 Å². The molecule has 2 aliphatic rings. The van der Waals surface area contributed by atoms with Crippen molar-refractivity contribution in [1.82, 2.24) is 20.4 Å². The molecule has 8 rings (SSSR count). The number of nitrogens with one attached hydrogen (secondary N) is 2. The van der Waals surface area contributed by atoms with Gasteiger partial charge in [-0.1, -0.05) is 72.8 Å². The summed E-state index contributed by atoms with van der Waals surface area (Å²) in [5.41, 5.74) is 10.1. The summed E-state index contributed by atoms with van der Waals surface area (Å²) in [5, 5.41) is 10.4. The van der Waals surface area contributed by atoms with Gasteiger partial charge >= 0.3 is 0 Å². The average molecular weight is 745 g/mol. The average Bonchev–Trinajstić information content (AvgIpc) is 3.86. The van der Waals surface area contributed by atoms with Crippen LogP contribution in [0, 0.1) is 0 Å². The molecular weight excluding hydrogens is 697 g/mol. The van der Waals surface area contributed by atoms with Crippen LogP contribution < -0.4 is 10.6 Å². The van der Waals surface area contributed by atoms with E-state index in [1.54, 1.807) is 31.1 Å². The second-order valence-electron chi connectivity index (χ2n) is 14.7. The monoisotopic (exact) mass is 744 g/mol. The molecule has 0 atom stereocenters. The highest BCUT2D eigenvalue weighted by atomic mass is 16.2. The molecule has 8 heteroatoms. The number of rotatable bonds is 10. The molecule has 6 aromatic carbocycles. The molecule has 0 saturated carbocycles. The van der Waals surface area contributed by atoms with Crippen LogP contribution >= 0.6 is 0 Å². The molecule has 0 unspecified atom stereocenters. The maximum Gasteiger partial charge on any atom is 0.254 e. The molecule has 0 aliphatic heterocycles. The van der Waals surface area contributed by atoms with E-state index in [0.717, 1.165) is 58.7 Å². The van der Waals surface area contributed by atoms with Gasteiger partial charge in [0.1, 0.15) is 0 Å². The lowest BCUT2D eigenvalue weighted by atomic mass is 9.99. The van der Waals surface area contributed by atoms with Gasteiger partial charge in [-0.3, -0.25) is 19.2 Å². The Hall–Kier alpha value is -6.28. The van der Waals surface area contributed by atoms with Crippen LogP contribution in [-0.4, -0.2) is 60.6 Å². The van der Waals surface area contributed by atoms with Crippen molar-refractivity contribution in [2.45, 2.75) is 52.6 Å². The highest BCUT2D eigenvalue weighted by molar-refractivity contribution is 6.10. The van der Waals surface area contributed by atoms with E-state index in [4.69, 9.17) is 0 Å². The van der Waals surface area contributed by atoms with Gasteiger partial charge < -0.3 is 20.4 Å². The second-order valence-corrected chi connectivity index (χ2v) is 14.7. The Bertz CT molecular complexity index is 2430. The van der Waals surface area contributed by atoms with Gasteiger partial charge in [0, 0.05) is 62.5 Å². The molecule has 56 heavy (non-hydrogen) atoms. The number of nitrogens with zero attached hydrogens (tertiary/aromatic N) is 2. The van der Waals surface area contributed by atoms with Crippen molar-refractivity contribution >= 4 is 45.2 Å². The number of hydrogen-bond donors (Lipinski definition) is 2. The largest absolute Gasteiger partial charge is 0.352 e. The Morgan fingerprint density at radius 2 is 1.05 bits per heavy atom. The zero-order valence-electron chi connectivity index (χ0n) is 32.6. The normalized spacial score (nSPS) is 12.2. The molecule has 284 valence electrons. The molecule has 0 heterocycles. The molecule has 2 N–H and O–H groups in total. The molecule has 0 bridgehead atoms. The van der Waals surface area contributed by atoms with Crippen LogP contribution in [0.4, 0.5) is 0 Å². The van der Waals surface area contributed by atoms with Crippen molar-refractivity contribution in [3.63, 3.8) is 0 Å². The molecule has 6 aromatic rings. The second kappa shape index (κ2) is 16.6. The van der Waals surface area contributed by atoms with Crippen LogP contribution in [0.3, 0.4) is 0 Å². The minimum Gasteiger partial charge on any atom is -0.352 e. The summed E-state index contributed by atoms with van der Waals surface area (Å²) < 4.78 is 0. The van der Waals surface area contributed by atoms with Crippen LogP contribution in [-0.2, 0) is 38.8 Å². The topological polar surface area (TPSA) is 98.8 Å². The molecule has 4 amide bonds. The van der Waals surface area contributed by atoms with Crippen LogP contribution in [0.15, 0.2) is 109 Å². The van der Waals surface area contributed by atoms with Crippen LogP contribution in [0.2, 0.25) is 0 Å². The third-order valence-electron chi connectivity index (χ3n) is 10.9. The third kappa shape index (κ3) is 7.78. The first-order valence-corrected chi connectivity index (χ1v) is 19.5. The fourth-order valence-corrected chi connectivity index (χ4v) is 7.92. The maximum absolute atomic E-state index is 13.4. The number of carbonyl (C=O) groups is 4. The predicted molar refractivity (Wildman–Crippen MR) is 223 cm³/mol. The van der Waals surface area contributed by atoms with Gasteiger partial charge in [0.05, 0.1) is 0 Å². The molecular formula is C48H48N4O4. The molecule has 0 saturated heterocycles. The predicted octanol–water partition coefficient (Wildman–Crippen LogP) is 7.92. The van der Waals surface area contributed by atoms with Crippen molar-refractivity contribution in [3.8, 4) is 0 Å². The zero-order chi connectivity index (χ0) is 39.3. The van der Waals surface area contributed by atoms with E-state index in [2.05, 4.69) is 47.0 Å². The first-order chi connectivity index (χ1) is 27.2. The molecule has 0 spiro atoms. The Balaban J connectivity index is 0.000000172. The minimum atomic E-state index is -0.0824. The lowest BCUT2D eigenvalue weighted by molar-refractivity contribution is 0.0753. The van der Waals surface area contributed by atoms with Crippen molar-refractivity contribution in [3.05, 3.63) is 165 Å². The highest BCUT2D eigenvalue weighted by Gasteiger charge is 2.22. The first-order valence-electron chi connectivity index (χ1n) is 19.5. The van der Waals surface area contributed by atoms with E-state index >= 15 is 0 Å². The molecule has 2 aliphatic carbocycles. The third-order valence-corrected chi connectivity index (χ3v) is 10.9. The summed E-state index contributed by atoms with van der Waals surface area (Å²) in [7, 11) is 3.48. The van der Waals surface area contributed by atoms with Crippen molar-refractivity contribution in [1.29, 1.82) is 0 Å². The van der Waals surface area contributed by atoms with Gasteiger partial charge in [-0.15, -0.1) is 0 Å². The standard InChI is InChI=1S/C25H26N2O2.C23H22N2O2/c1-4-27(16-17-8-10-20(11-9-17)24(28)26(2)3)25(29)22-15-14-19-13-12-18-6-5-7-21(22)23(18)19;1-2-24-22(26)18-8-6-15(7-9-18)14-25-23(27)20-13-12-17-11-10-16-4-3-5-19(20)21(16)17/h5-11,14-15H,4,12-13,16H2,1-3H3;3-9,12-13H,2,10-11,14H2,1H3,(H,24,26)(H,25,27). The molecule has 0 fully saturated rings. The van der Waals surface area contributed by atoms with Gasteiger partial charge in [-0.2, -0.15) is 0 Å². The fourth-order valence-electron chi connectivity index (χ4n) is 7.92. The lowest BCUT2D eigenvalue weighted by Gasteiger charge is -2.22. The zero-order valence-corrected chi connectivity index (χ0v) is 32.6. The molecule has 8 nitrogen and oxygen atoms in total. The Kier molecular flexibility index (Phi) is 11.3. The smallest absolute Gasteiger partial charge is 0.254 e. The van der Waals surface area contributed by atoms with Gasteiger partial charge in [-0.05, 0) is 131 Å². The van der Waals surface area contributed by atoms with Crippen molar-refractivity contribution < 1.29 is 19.2 Å². The van der Waals surface area contributed by atoms with E-state index in [-0.39, 0.29) is 23.6 Å². The quantitative estimate of drug-likeness (QED) is 0.149. The van der Waals surface area contributed by atoms with E-state index in [1.165, 1.54) is 33.0 Å². The van der Waals surface area contributed by atoms with Gasteiger partial charge in [0.25, 0.3) is 23.6 Å².